The number of rotatable bonds is 5. The summed E-state index contributed by atoms with van der Waals surface area (Å²) in [6, 6.07) is 5.98. The van der Waals surface area contributed by atoms with Crippen molar-refractivity contribution in [1.82, 2.24) is 5.32 Å². The van der Waals surface area contributed by atoms with Gasteiger partial charge in [0.15, 0.2) is 0 Å². The number of aliphatic hydroxyl groups is 2. The lowest BCUT2D eigenvalue weighted by Crippen LogP contribution is -2.51. The number of amides is 1. The van der Waals surface area contributed by atoms with Gasteiger partial charge in [-0.15, -0.1) is 0 Å². The first-order valence-electron chi connectivity index (χ1n) is 6.19. The molecular formula is C15H21NO3. The molecule has 0 heterocycles. The van der Waals surface area contributed by atoms with Crippen molar-refractivity contribution in [2.24, 2.45) is 0 Å². The molecule has 4 nitrogen and oxygen atoms in total. The second kappa shape index (κ2) is 6.50. The van der Waals surface area contributed by atoms with Crippen LogP contribution in [0.5, 0.6) is 0 Å². The molecule has 0 unspecified atom stereocenters. The van der Waals surface area contributed by atoms with E-state index < -0.39 is 5.54 Å². The lowest BCUT2D eigenvalue weighted by atomic mass is 10.0. The number of hydrogen-bond donors (Lipinski definition) is 3. The highest BCUT2D eigenvalue weighted by atomic mass is 16.3. The highest BCUT2D eigenvalue weighted by Crippen LogP contribution is 2.12. The van der Waals surface area contributed by atoms with E-state index in [9.17, 15) is 4.79 Å². The van der Waals surface area contributed by atoms with Crippen LogP contribution in [0.25, 0.3) is 6.08 Å². The minimum absolute atomic E-state index is 0.313. The number of nitrogens with one attached hydrogen (secondary N) is 1. The molecule has 4 heteroatoms. The maximum Gasteiger partial charge on any atom is 0.244 e. The maximum absolute atomic E-state index is 11.7. The van der Waals surface area contributed by atoms with Gasteiger partial charge in [0, 0.05) is 6.08 Å². The lowest BCUT2D eigenvalue weighted by Gasteiger charge is -2.25. The van der Waals surface area contributed by atoms with Crippen LogP contribution in [0.2, 0.25) is 0 Å². The van der Waals surface area contributed by atoms with Gasteiger partial charge in [-0.1, -0.05) is 23.8 Å². The summed E-state index contributed by atoms with van der Waals surface area (Å²) in [7, 11) is 0. The average Bonchev–Trinajstić information content (AvgIpc) is 2.37. The van der Waals surface area contributed by atoms with Gasteiger partial charge in [-0.3, -0.25) is 4.79 Å². The molecule has 1 amide bonds. The van der Waals surface area contributed by atoms with E-state index in [2.05, 4.69) is 5.32 Å². The van der Waals surface area contributed by atoms with Crippen molar-refractivity contribution in [3.8, 4) is 0 Å². The molecule has 0 aliphatic rings. The van der Waals surface area contributed by atoms with Crippen LogP contribution in [0, 0.1) is 13.8 Å². The van der Waals surface area contributed by atoms with E-state index in [1.807, 2.05) is 32.0 Å². The van der Waals surface area contributed by atoms with Gasteiger partial charge in [0.05, 0.1) is 18.8 Å². The zero-order chi connectivity index (χ0) is 14.5. The van der Waals surface area contributed by atoms with Gasteiger partial charge in [0.25, 0.3) is 0 Å². The standard InChI is InChI=1S/C15H21NO3/c1-11-4-5-13(12(2)8-11)6-7-14(19)16-15(3,9-17)10-18/h4-8,17-18H,9-10H2,1-3H3,(H,16,19)/b7-6+. The highest BCUT2D eigenvalue weighted by molar-refractivity contribution is 5.92. The van der Waals surface area contributed by atoms with Crippen molar-refractivity contribution in [3.05, 3.63) is 41.0 Å². The van der Waals surface area contributed by atoms with Crippen LogP contribution in [0.15, 0.2) is 24.3 Å². The number of hydrogen-bond acceptors (Lipinski definition) is 3. The van der Waals surface area contributed by atoms with Crippen molar-refractivity contribution < 1.29 is 15.0 Å². The van der Waals surface area contributed by atoms with E-state index in [4.69, 9.17) is 10.2 Å². The van der Waals surface area contributed by atoms with E-state index in [0.717, 1.165) is 11.1 Å². The molecule has 0 spiro atoms. The van der Waals surface area contributed by atoms with Crippen molar-refractivity contribution in [3.63, 3.8) is 0 Å². The first-order valence-corrected chi connectivity index (χ1v) is 6.19. The predicted octanol–water partition coefficient (Wildman–Crippen LogP) is 1.18. The van der Waals surface area contributed by atoms with Gasteiger partial charge < -0.3 is 15.5 Å². The fourth-order valence-corrected chi connectivity index (χ4v) is 1.65. The molecule has 0 fully saturated rings. The molecule has 19 heavy (non-hydrogen) atoms. The molecule has 1 aromatic rings. The number of aliphatic hydroxyl groups excluding tert-OH is 2. The van der Waals surface area contributed by atoms with E-state index in [0.29, 0.717) is 0 Å². The molecule has 104 valence electrons. The number of carbonyl (C=O) groups is 1. The van der Waals surface area contributed by atoms with Crippen LogP contribution in [-0.2, 0) is 4.79 Å². The molecule has 0 aliphatic carbocycles. The van der Waals surface area contributed by atoms with Crippen LogP contribution in [0.4, 0.5) is 0 Å². The third kappa shape index (κ3) is 4.50. The van der Waals surface area contributed by atoms with Gasteiger partial charge in [-0.2, -0.15) is 0 Å². The molecule has 0 radical (unpaired) electrons. The van der Waals surface area contributed by atoms with Gasteiger partial charge >= 0.3 is 0 Å². The van der Waals surface area contributed by atoms with Crippen molar-refractivity contribution >= 4 is 12.0 Å². The van der Waals surface area contributed by atoms with Gasteiger partial charge in [0.2, 0.25) is 5.91 Å². The molecule has 0 atom stereocenters. The Morgan fingerprint density at radius 2 is 1.95 bits per heavy atom. The number of benzene rings is 1. The highest BCUT2D eigenvalue weighted by Gasteiger charge is 2.23. The summed E-state index contributed by atoms with van der Waals surface area (Å²) in [5, 5.41) is 20.8. The van der Waals surface area contributed by atoms with E-state index >= 15 is 0 Å². The minimum Gasteiger partial charge on any atom is -0.394 e. The lowest BCUT2D eigenvalue weighted by molar-refractivity contribution is -0.119. The Labute approximate surface area is 113 Å². The first-order chi connectivity index (χ1) is 8.90. The molecule has 3 N–H and O–H groups in total. The molecule has 0 bridgehead atoms. The second-order valence-electron chi connectivity index (χ2n) is 5.06. The Morgan fingerprint density at radius 3 is 2.47 bits per heavy atom. The Kier molecular flexibility index (Phi) is 5.27. The molecule has 0 aromatic heterocycles. The van der Waals surface area contributed by atoms with Crippen molar-refractivity contribution in [1.29, 1.82) is 0 Å². The quantitative estimate of drug-likeness (QED) is 0.699. The van der Waals surface area contributed by atoms with Crippen LogP contribution in [0.1, 0.15) is 23.6 Å². The third-order valence-electron chi connectivity index (χ3n) is 2.96. The molecule has 0 saturated heterocycles. The maximum atomic E-state index is 11.7. The monoisotopic (exact) mass is 263 g/mol. The zero-order valence-electron chi connectivity index (χ0n) is 11.6. The second-order valence-corrected chi connectivity index (χ2v) is 5.06. The van der Waals surface area contributed by atoms with Crippen LogP contribution < -0.4 is 5.32 Å². The Morgan fingerprint density at radius 1 is 1.32 bits per heavy atom. The number of aryl methyl sites for hydroxylation is 2. The van der Waals surface area contributed by atoms with E-state index in [-0.39, 0.29) is 19.1 Å². The summed E-state index contributed by atoms with van der Waals surface area (Å²) in [6.07, 6.45) is 3.13. The van der Waals surface area contributed by atoms with Crippen molar-refractivity contribution in [2.75, 3.05) is 13.2 Å². The summed E-state index contributed by atoms with van der Waals surface area (Å²) >= 11 is 0. The molecule has 1 aromatic carbocycles. The largest absolute Gasteiger partial charge is 0.394 e. The summed E-state index contributed by atoms with van der Waals surface area (Å²) in [5.41, 5.74) is 2.24. The van der Waals surface area contributed by atoms with E-state index in [1.165, 1.54) is 11.6 Å². The fraction of sp³-hybridized carbons (Fsp3) is 0.400. The van der Waals surface area contributed by atoms with Crippen molar-refractivity contribution in [2.45, 2.75) is 26.3 Å². The van der Waals surface area contributed by atoms with Gasteiger partial charge in [-0.25, -0.2) is 0 Å². The van der Waals surface area contributed by atoms with E-state index in [1.54, 1.807) is 13.0 Å². The molecular weight excluding hydrogens is 242 g/mol. The molecule has 1 rings (SSSR count). The Balaban J connectivity index is 2.74. The Hall–Kier alpha value is -1.65. The minimum atomic E-state index is -0.996. The predicted molar refractivity (Wildman–Crippen MR) is 75.7 cm³/mol. The first kappa shape index (κ1) is 15.4. The summed E-state index contributed by atoms with van der Waals surface area (Å²) in [6.45, 7) is 4.95. The summed E-state index contributed by atoms with van der Waals surface area (Å²) < 4.78 is 0. The van der Waals surface area contributed by atoms with Crippen LogP contribution >= 0.6 is 0 Å². The Bertz CT molecular complexity index is 476. The fourth-order valence-electron chi connectivity index (χ4n) is 1.65. The molecule has 0 saturated carbocycles. The van der Waals surface area contributed by atoms with Gasteiger partial charge in [-0.05, 0) is 38.0 Å². The normalized spacial score (nSPS) is 11.8. The number of carbonyl (C=O) groups excluding carboxylic acids is 1. The summed E-state index contributed by atoms with van der Waals surface area (Å²) in [5.74, 6) is -0.342. The topological polar surface area (TPSA) is 69.6 Å². The molecule has 0 aliphatic heterocycles. The summed E-state index contributed by atoms with van der Waals surface area (Å²) in [4.78, 5) is 11.7. The SMILES string of the molecule is Cc1ccc(/C=C/C(=O)NC(C)(CO)CO)c(C)c1. The zero-order valence-corrected chi connectivity index (χ0v) is 11.6. The smallest absolute Gasteiger partial charge is 0.244 e. The van der Waals surface area contributed by atoms with Gasteiger partial charge in [0.1, 0.15) is 0 Å². The average molecular weight is 263 g/mol. The van der Waals surface area contributed by atoms with Crippen LogP contribution in [-0.4, -0.2) is 34.9 Å². The third-order valence-corrected chi connectivity index (χ3v) is 2.96. The van der Waals surface area contributed by atoms with Crippen LogP contribution in [0.3, 0.4) is 0 Å².